The Morgan fingerprint density at radius 1 is 1.13 bits per heavy atom. The fourth-order valence-electron chi connectivity index (χ4n) is 4.74. The monoisotopic (exact) mass is 511 g/mol. The maximum absolute atomic E-state index is 14.7. The van der Waals surface area contributed by atoms with Crippen molar-refractivity contribution >= 4 is 28.5 Å². The molecule has 192 valence electrons. The van der Waals surface area contributed by atoms with Gasteiger partial charge >= 0.3 is 0 Å². The molecule has 3 heterocycles. The van der Waals surface area contributed by atoms with E-state index in [1.807, 2.05) is 30.3 Å². The fraction of sp³-hybridized carbons (Fsp3) is 0.207. The van der Waals surface area contributed by atoms with Crippen LogP contribution in [-0.4, -0.2) is 39.3 Å². The Hall–Kier alpha value is -4.66. The summed E-state index contributed by atoms with van der Waals surface area (Å²) in [5.74, 6) is -1.66. The van der Waals surface area contributed by atoms with E-state index in [2.05, 4.69) is 25.8 Å². The van der Waals surface area contributed by atoms with Gasteiger partial charge in [-0.15, -0.1) is 0 Å². The highest BCUT2D eigenvalue weighted by Gasteiger charge is 2.31. The molecule has 1 atom stereocenters. The van der Waals surface area contributed by atoms with E-state index in [4.69, 9.17) is 0 Å². The van der Waals surface area contributed by atoms with Crippen molar-refractivity contribution in [3.8, 4) is 0 Å². The lowest BCUT2D eigenvalue weighted by Gasteiger charge is -2.28. The van der Waals surface area contributed by atoms with Gasteiger partial charge in [0.05, 0.1) is 23.3 Å². The van der Waals surface area contributed by atoms with E-state index in [0.29, 0.717) is 23.1 Å². The second kappa shape index (κ2) is 10.8. The summed E-state index contributed by atoms with van der Waals surface area (Å²) in [6, 6.07) is 14.4. The number of rotatable bonds is 8. The minimum Gasteiger partial charge on any atom is -0.352 e. The molecular formula is C29H26FN5O3. The van der Waals surface area contributed by atoms with Gasteiger partial charge < -0.3 is 10.6 Å². The predicted octanol–water partition coefficient (Wildman–Crippen LogP) is 3.76. The highest BCUT2D eigenvalue weighted by molar-refractivity contribution is 6.02. The summed E-state index contributed by atoms with van der Waals surface area (Å²) >= 11 is 0. The Labute approximate surface area is 218 Å². The maximum Gasteiger partial charge on any atom is 0.254 e. The molecule has 1 aliphatic rings. The van der Waals surface area contributed by atoms with Gasteiger partial charge in [0.1, 0.15) is 5.82 Å². The topological polar surface area (TPSA) is 117 Å². The molecule has 2 amide bonds. The number of carbonyl (C=O) groups is 3. The molecule has 38 heavy (non-hydrogen) atoms. The van der Waals surface area contributed by atoms with Crippen LogP contribution in [0.1, 0.15) is 46.6 Å². The van der Waals surface area contributed by atoms with Gasteiger partial charge in [0, 0.05) is 48.7 Å². The first-order valence-corrected chi connectivity index (χ1v) is 12.3. The first-order chi connectivity index (χ1) is 18.4. The molecule has 0 fully saturated rings. The smallest absolute Gasteiger partial charge is 0.254 e. The molecule has 0 saturated carbocycles. The lowest BCUT2D eigenvalue weighted by molar-refractivity contribution is -0.121. The number of nitrogens with zero attached hydrogens (tertiary/aromatic N) is 2. The Morgan fingerprint density at radius 3 is 2.82 bits per heavy atom. The molecule has 4 aromatic rings. The number of halogens is 1. The SMILES string of the molecule is CC1=C(C(=O)Cc2ccc3[nH]ncc3c2)C(c2ccc(F)c(C(=O)NCCc3ccccn3)c2)NC(=O)C1. The number of aromatic amines is 1. The summed E-state index contributed by atoms with van der Waals surface area (Å²) in [7, 11) is 0. The van der Waals surface area contributed by atoms with Gasteiger partial charge in [0.15, 0.2) is 5.78 Å². The first kappa shape index (κ1) is 25.0. The third kappa shape index (κ3) is 5.36. The highest BCUT2D eigenvalue weighted by atomic mass is 19.1. The molecule has 2 aromatic heterocycles. The standard InChI is InChI=1S/C29H26FN5O3/c1-17-12-26(37)34-28(27(17)25(36)14-18-5-8-24-20(13-18)16-33-35-24)19-6-7-23(30)22(15-19)29(38)32-11-9-21-4-2-3-10-31-21/h2-8,10,13,15-16,28H,9,11-12,14H2,1H3,(H,32,38)(H,33,35)(H,34,37). The molecule has 0 aliphatic carbocycles. The van der Waals surface area contributed by atoms with Crippen molar-refractivity contribution in [3.05, 3.63) is 106 Å². The third-order valence-corrected chi connectivity index (χ3v) is 6.61. The summed E-state index contributed by atoms with van der Waals surface area (Å²) in [5.41, 5.74) is 3.90. The quantitative estimate of drug-likeness (QED) is 0.333. The van der Waals surface area contributed by atoms with E-state index in [0.717, 1.165) is 22.2 Å². The van der Waals surface area contributed by atoms with Gasteiger partial charge in [-0.25, -0.2) is 4.39 Å². The van der Waals surface area contributed by atoms with Crippen molar-refractivity contribution in [1.29, 1.82) is 0 Å². The number of carbonyl (C=O) groups excluding carboxylic acids is 3. The number of aromatic nitrogens is 3. The molecule has 5 rings (SSSR count). The van der Waals surface area contributed by atoms with Crippen LogP contribution < -0.4 is 10.6 Å². The molecule has 1 unspecified atom stereocenters. The van der Waals surface area contributed by atoms with Gasteiger partial charge in [0.2, 0.25) is 5.91 Å². The van der Waals surface area contributed by atoms with Crippen LogP contribution in [0.4, 0.5) is 4.39 Å². The van der Waals surface area contributed by atoms with Crippen LogP contribution in [0.2, 0.25) is 0 Å². The molecule has 0 spiro atoms. The number of pyridine rings is 1. The first-order valence-electron chi connectivity index (χ1n) is 12.3. The Bertz CT molecular complexity index is 1560. The van der Waals surface area contributed by atoms with Gasteiger partial charge in [-0.05, 0) is 54.4 Å². The van der Waals surface area contributed by atoms with E-state index in [1.165, 1.54) is 18.2 Å². The van der Waals surface area contributed by atoms with Gasteiger partial charge in [-0.2, -0.15) is 5.10 Å². The number of Topliss-reactive ketones (excluding diaryl/α,β-unsaturated/α-hetero) is 1. The zero-order chi connectivity index (χ0) is 26.6. The largest absolute Gasteiger partial charge is 0.352 e. The number of ketones is 1. The van der Waals surface area contributed by atoms with Crippen LogP contribution in [0.25, 0.3) is 10.9 Å². The zero-order valence-corrected chi connectivity index (χ0v) is 20.8. The van der Waals surface area contributed by atoms with E-state index in [9.17, 15) is 18.8 Å². The number of hydrogen-bond donors (Lipinski definition) is 3. The average molecular weight is 512 g/mol. The summed E-state index contributed by atoms with van der Waals surface area (Å²) in [4.78, 5) is 43.0. The highest BCUT2D eigenvalue weighted by Crippen LogP contribution is 2.32. The minimum atomic E-state index is -0.790. The lowest BCUT2D eigenvalue weighted by Crippen LogP contribution is -2.37. The number of H-pyrrole nitrogens is 1. The zero-order valence-electron chi connectivity index (χ0n) is 20.8. The van der Waals surface area contributed by atoms with Crippen LogP contribution in [0, 0.1) is 5.82 Å². The van der Waals surface area contributed by atoms with Crippen molar-refractivity contribution in [2.75, 3.05) is 6.54 Å². The van der Waals surface area contributed by atoms with Gasteiger partial charge in [-0.3, -0.25) is 24.5 Å². The molecule has 0 bridgehead atoms. The summed E-state index contributed by atoms with van der Waals surface area (Å²) in [6.45, 7) is 2.04. The second-order valence-corrected chi connectivity index (χ2v) is 9.33. The Kier molecular flexibility index (Phi) is 7.08. The van der Waals surface area contributed by atoms with Crippen LogP contribution in [0.5, 0.6) is 0 Å². The van der Waals surface area contributed by atoms with E-state index >= 15 is 0 Å². The normalized spacial score (nSPS) is 15.4. The summed E-state index contributed by atoms with van der Waals surface area (Å²) in [6.07, 6.45) is 4.09. The van der Waals surface area contributed by atoms with Crippen molar-refractivity contribution < 1.29 is 18.8 Å². The number of benzene rings is 2. The summed E-state index contributed by atoms with van der Waals surface area (Å²) in [5, 5.41) is 13.4. The van der Waals surface area contributed by atoms with E-state index in [1.54, 1.807) is 25.4 Å². The van der Waals surface area contributed by atoms with Crippen molar-refractivity contribution in [1.82, 2.24) is 25.8 Å². The number of fused-ring (bicyclic) bond motifs is 1. The van der Waals surface area contributed by atoms with E-state index in [-0.39, 0.29) is 36.6 Å². The van der Waals surface area contributed by atoms with Crippen LogP contribution in [-0.2, 0) is 22.4 Å². The summed E-state index contributed by atoms with van der Waals surface area (Å²) < 4.78 is 14.7. The number of nitrogens with one attached hydrogen (secondary N) is 3. The maximum atomic E-state index is 14.7. The third-order valence-electron chi connectivity index (χ3n) is 6.61. The molecular weight excluding hydrogens is 485 g/mol. The lowest BCUT2D eigenvalue weighted by atomic mass is 9.85. The second-order valence-electron chi connectivity index (χ2n) is 9.33. The predicted molar refractivity (Wildman–Crippen MR) is 140 cm³/mol. The van der Waals surface area contributed by atoms with Crippen LogP contribution in [0.15, 0.2) is 78.1 Å². The molecule has 9 heteroatoms. The molecule has 3 N–H and O–H groups in total. The van der Waals surface area contributed by atoms with Crippen LogP contribution in [0.3, 0.4) is 0 Å². The molecule has 2 aromatic carbocycles. The molecule has 0 radical (unpaired) electrons. The van der Waals surface area contributed by atoms with Crippen molar-refractivity contribution in [2.45, 2.75) is 32.2 Å². The van der Waals surface area contributed by atoms with Crippen molar-refractivity contribution in [2.24, 2.45) is 0 Å². The average Bonchev–Trinajstić information content (AvgIpc) is 3.37. The van der Waals surface area contributed by atoms with Gasteiger partial charge in [-0.1, -0.05) is 23.8 Å². The van der Waals surface area contributed by atoms with Gasteiger partial charge in [0.25, 0.3) is 5.91 Å². The van der Waals surface area contributed by atoms with E-state index < -0.39 is 17.8 Å². The minimum absolute atomic E-state index is 0.0976. The Balaban J connectivity index is 1.37. The van der Waals surface area contributed by atoms with Crippen molar-refractivity contribution in [3.63, 3.8) is 0 Å². The Morgan fingerprint density at radius 2 is 2.00 bits per heavy atom. The van der Waals surface area contributed by atoms with Crippen LogP contribution >= 0.6 is 0 Å². The fourth-order valence-corrected chi connectivity index (χ4v) is 4.74. The molecule has 0 saturated heterocycles. The number of amides is 2. The molecule has 8 nitrogen and oxygen atoms in total. The molecule has 1 aliphatic heterocycles. The number of hydrogen-bond acceptors (Lipinski definition) is 5.